The second-order valence-electron chi connectivity index (χ2n) is 5.73. The molecule has 1 aromatic heterocycles. The van der Waals surface area contributed by atoms with Gasteiger partial charge in [0, 0.05) is 17.6 Å². The van der Waals surface area contributed by atoms with Crippen LogP contribution >= 0.6 is 0 Å². The van der Waals surface area contributed by atoms with E-state index in [0.717, 1.165) is 28.2 Å². The Hall–Kier alpha value is -3.14. The summed E-state index contributed by atoms with van der Waals surface area (Å²) in [5.74, 6) is -0.179. The average molecular weight is 317 g/mol. The normalized spacial score (nSPS) is 10.2. The largest absolute Gasteiger partial charge is 0.354 e. The van der Waals surface area contributed by atoms with E-state index in [2.05, 4.69) is 15.6 Å². The number of aryl methyl sites for hydroxylation is 2. The summed E-state index contributed by atoms with van der Waals surface area (Å²) in [6.07, 6.45) is 3.27. The van der Waals surface area contributed by atoms with Gasteiger partial charge in [0.1, 0.15) is 0 Å². The first-order valence-corrected chi connectivity index (χ1v) is 7.77. The van der Waals surface area contributed by atoms with Crippen molar-refractivity contribution in [2.45, 2.75) is 13.8 Å². The van der Waals surface area contributed by atoms with Crippen LogP contribution in [0.25, 0.3) is 0 Å². The van der Waals surface area contributed by atoms with Gasteiger partial charge in [-0.1, -0.05) is 30.3 Å². The summed E-state index contributed by atoms with van der Waals surface area (Å²) in [6.45, 7) is 4.02. The van der Waals surface area contributed by atoms with Gasteiger partial charge >= 0.3 is 0 Å². The lowest BCUT2D eigenvalue weighted by Gasteiger charge is -2.10. The molecule has 3 rings (SSSR count). The van der Waals surface area contributed by atoms with E-state index in [1.54, 1.807) is 18.5 Å². The molecule has 1 heterocycles. The minimum Gasteiger partial charge on any atom is -0.354 e. The van der Waals surface area contributed by atoms with Crippen LogP contribution < -0.4 is 10.6 Å². The van der Waals surface area contributed by atoms with E-state index in [1.165, 1.54) is 0 Å². The molecule has 1 amide bonds. The van der Waals surface area contributed by atoms with Crippen LogP contribution in [0, 0.1) is 13.8 Å². The van der Waals surface area contributed by atoms with Crippen LogP contribution in [-0.2, 0) is 0 Å². The molecule has 0 fully saturated rings. The molecule has 0 aliphatic rings. The van der Waals surface area contributed by atoms with Crippen LogP contribution in [0.1, 0.15) is 21.5 Å². The van der Waals surface area contributed by atoms with E-state index >= 15 is 0 Å². The number of pyridine rings is 1. The molecular weight excluding hydrogens is 298 g/mol. The molecule has 120 valence electrons. The maximum atomic E-state index is 12.4. The number of nitrogens with zero attached hydrogens (tertiary/aromatic N) is 1. The fourth-order valence-corrected chi connectivity index (χ4v) is 2.43. The molecule has 0 unspecified atom stereocenters. The van der Waals surface area contributed by atoms with Gasteiger partial charge in [-0.2, -0.15) is 0 Å². The predicted octanol–water partition coefficient (Wildman–Crippen LogP) is 4.69. The number of rotatable bonds is 4. The topological polar surface area (TPSA) is 54.0 Å². The quantitative estimate of drug-likeness (QED) is 0.733. The Morgan fingerprint density at radius 2 is 1.75 bits per heavy atom. The summed E-state index contributed by atoms with van der Waals surface area (Å²) in [5.41, 5.74) is 5.29. The van der Waals surface area contributed by atoms with Gasteiger partial charge in [-0.15, -0.1) is 0 Å². The number of hydrogen-bond donors (Lipinski definition) is 2. The number of nitrogens with one attached hydrogen (secondary N) is 2. The Labute approximate surface area is 141 Å². The molecular formula is C20H19N3O. The smallest absolute Gasteiger partial charge is 0.257 e. The van der Waals surface area contributed by atoms with Gasteiger partial charge in [-0.3, -0.25) is 9.78 Å². The molecule has 2 aromatic carbocycles. The summed E-state index contributed by atoms with van der Waals surface area (Å²) in [6, 6.07) is 17.5. The second kappa shape index (κ2) is 6.96. The number of hydrogen-bond acceptors (Lipinski definition) is 3. The lowest BCUT2D eigenvalue weighted by atomic mass is 10.2. The Balaban J connectivity index is 1.77. The first-order chi connectivity index (χ1) is 11.6. The third-order valence-corrected chi connectivity index (χ3v) is 3.70. The summed E-state index contributed by atoms with van der Waals surface area (Å²) in [5, 5.41) is 6.19. The zero-order valence-corrected chi connectivity index (χ0v) is 13.7. The fourth-order valence-electron chi connectivity index (χ4n) is 2.43. The van der Waals surface area contributed by atoms with Crippen LogP contribution in [0.5, 0.6) is 0 Å². The van der Waals surface area contributed by atoms with E-state index in [1.807, 2.05) is 62.4 Å². The number of para-hydroxylation sites is 1. The highest BCUT2D eigenvalue weighted by atomic mass is 16.1. The monoisotopic (exact) mass is 317 g/mol. The molecule has 0 atom stereocenters. The molecule has 0 saturated carbocycles. The molecule has 0 saturated heterocycles. The summed E-state index contributed by atoms with van der Waals surface area (Å²) < 4.78 is 0. The molecule has 4 heteroatoms. The number of aromatic nitrogens is 1. The number of anilines is 3. The van der Waals surface area contributed by atoms with Gasteiger partial charge in [0.2, 0.25) is 0 Å². The van der Waals surface area contributed by atoms with Crippen molar-refractivity contribution in [3.05, 3.63) is 83.7 Å². The van der Waals surface area contributed by atoms with Gasteiger partial charge < -0.3 is 10.6 Å². The van der Waals surface area contributed by atoms with Crippen LogP contribution in [-0.4, -0.2) is 10.9 Å². The molecule has 2 N–H and O–H groups in total. The lowest BCUT2D eigenvalue weighted by molar-refractivity contribution is 0.102. The van der Waals surface area contributed by atoms with Crippen molar-refractivity contribution in [1.29, 1.82) is 0 Å². The van der Waals surface area contributed by atoms with E-state index in [9.17, 15) is 4.79 Å². The number of carbonyl (C=O) groups is 1. The fraction of sp³-hybridized carbons (Fsp3) is 0.100. The third kappa shape index (κ3) is 3.79. The lowest BCUT2D eigenvalue weighted by Crippen LogP contribution is -2.12. The highest BCUT2D eigenvalue weighted by Gasteiger charge is 2.08. The molecule has 0 aliphatic heterocycles. The molecule has 4 nitrogen and oxygen atoms in total. The Morgan fingerprint density at radius 3 is 2.54 bits per heavy atom. The van der Waals surface area contributed by atoms with Crippen LogP contribution in [0.2, 0.25) is 0 Å². The first-order valence-electron chi connectivity index (χ1n) is 7.77. The Bertz CT molecular complexity index is 874. The SMILES string of the molecule is Cc1cccc(NC(=O)c2cncc(Nc3ccccc3C)c2)c1. The van der Waals surface area contributed by atoms with Crippen molar-refractivity contribution in [2.75, 3.05) is 10.6 Å². The summed E-state index contributed by atoms with van der Waals surface area (Å²) >= 11 is 0. The van der Waals surface area contributed by atoms with Gasteiger partial charge in [0.25, 0.3) is 5.91 Å². The molecule has 0 radical (unpaired) electrons. The summed E-state index contributed by atoms with van der Waals surface area (Å²) in [7, 11) is 0. The maximum Gasteiger partial charge on any atom is 0.257 e. The van der Waals surface area contributed by atoms with E-state index < -0.39 is 0 Å². The molecule has 24 heavy (non-hydrogen) atoms. The minimum atomic E-state index is -0.179. The Kier molecular flexibility index (Phi) is 4.57. The van der Waals surface area contributed by atoms with Gasteiger partial charge in [-0.25, -0.2) is 0 Å². The van der Waals surface area contributed by atoms with Crippen molar-refractivity contribution in [3.63, 3.8) is 0 Å². The predicted molar refractivity (Wildman–Crippen MR) is 97.8 cm³/mol. The molecule has 0 aliphatic carbocycles. The van der Waals surface area contributed by atoms with Crippen molar-refractivity contribution < 1.29 is 4.79 Å². The van der Waals surface area contributed by atoms with Crippen LogP contribution in [0.4, 0.5) is 17.1 Å². The molecule has 0 bridgehead atoms. The van der Waals surface area contributed by atoms with Crippen LogP contribution in [0.3, 0.4) is 0 Å². The third-order valence-electron chi connectivity index (χ3n) is 3.70. The highest BCUT2D eigenvalue weighted by Crippen LogP contribution is 2.20. The Morgan fingerprint density at radius 1 is 0.917 bits per heavy atom. The highest BCUT2D eigenvalue weighted by molar-refractivity contribution is 6.04. The van der Waals surface area contributed by atoms with E-state index in [-0.39, 0.29) is 5.91 Å². The van der Waals surface area contributed by atoms with Gasteiger partial charge in [0.05, 0.1) is 17.4 Å². The average Bonchev–Trinajstić information content (AvgIpc) is 2.57. The van der Waals surface area contributed by atoms with Crippen molar-refractivity contribution in [2.24, 2.45) is 0 Å². The molecule has 0 spiro atoms. The number of benzene rings is 2. The summed E-state index contributed by atoms with van der Waals surface area (Å²) in [4.78, 5) is 16.6. The minimum absolute atomic E-state index is 0.179. The maximum absolute atomic E-state index is 12.4. The van der Waals surface area contributed by atoms with E-state index in [4.69, 9.17) is 0 Å². The first kappa shape index (κ1) is 15.7. The van der Waals surface area contributed by atoms with Gasteiger partial charge in [0.15, 0.2) is 0 Å². The van der Waals surface area contributed by atoms with Crippen molar-refractivity contribution in [3.8, 4) is 0 Å². The zero-order chi connectivity index (χ0) is 16.9. The van der Waals surface area contributed by atoms with Crippen molar-refractivity contribution >= 4 is 23.0 Å². The number of carbonyl (C=O) groups excluding carboxylic acids is 1. The number of amides is 1. The standard InChI is InChI=1S/C20H19N3O/c1-14-6-5-8-17(10-14)23-20(24)16-11-18(13-21-12-16)22-19-9-4-3-7-15(19)2/h3-13,22H,1-2H3,(H,23,24). The van der Waals surface area contributed by atoms with Crippen molar-refractivity contribution in [1.82, 2.24) is 4.98 Å². The zero-order valence-electron chi connectivity index (χ0n) is 13.7. The second-order valence-corrected chi connectivity index (χ2v) is 5.73. The van der Waals surface area contributed by atoms with Gasteiger partial charge in [-0.05, 0) is 49.2 Å². The van der Waals surface area contributed by atoms with Crippen LogP contribution in [0.15, 0.2) is 67.0 Å². The van der Waals surface area contributed by atoms with E-state index in [0.29, 0.717) is 5.56 Å². The molecule has 3 aromatic rings.